The Labute approximate surface area is 160 Å². The van der Waals surface area contributed by atoms with E-state index >= 15 is 0 Å². The number of pyridine rings is 1. The quantitative estimate of drug-likeness (QED) is 0.651. The third-order valence-electron chi connectivity index (χ3n) is 3.74. The molecular weight excluding hydrogens is 376 g/mol. The zero-order valence-electron chi connectivity index (χ0n) is 14.6. The molecule has 1 fully saturated rings. The molecule has 1 amide bonds. The first kappa shape index (κ1) is 18.8. The lowest BCUT2D eigenvalue weighted by Crippen LogP contribution is -2.49. The molecule has 1 atom stereocenters. The summed E-state index contributed by atoms with van der Waals surface area (Å²) >= 11 is 6.56. The van der Waals surface area contributed by atoms with Crippen molar-refractivity contribution in [3.63, 3.8) is 0 Å². The molecule has 0 N–H and O–H groups in total. The SMILES string of the molecule is CN(C)C(=S)SCC(=O)N1CCOC(COn2nnc3cccnc32)C1. The van der Waals surface area contributed by atoms with Crippen LogP contribution < -0.4 is 4.84 Å². The molecule has 2 aromatic rings. The van der Waals surface area contributed by atoms with Gasteiger partial charge in [-0.05, 0) is 17.3 Å². The Bertz CT molecular complexity index is 784. The molecule has 0 radical (unpaired) electrons. The van der Waals surface area contributed by atoms with Crippen molar-refractivity contribution in [1.29, 1.82) is 0 Å². The minimum atomic E-state index is -0.235. The van der Waals surface area contributed by atoms with E-state index in [1.807, 2.05) is 25.1 Å². The summed E-state index contributed by atoms with van der Waals surface area (Å²) in [5.74, 6) is 0.364. The average molecular weight is 396 g/mol. The fourth-order valence-electron chi connectivity index (χ4n) is 2.38. The summed E-state index contributed by atoms with van der Waals surface area (Å²) in [7, 11) is 3.73. The number of hydrogen-bond acceptors (Lipinski definition) is 8. The Hall–Kier alpha value is -1.98. The number of amides is 1. The van der Waals surface area contributed by atoms with E-state index in [-0.39, 0.29) is 18.6 Å². The van der Waals surface area contributed by atoms with Gasteiger partial charge in [0.2, 0.25) is 11.6 Å². The van der Waals surface area contributed by atoms with Crippen molar-refractivity contribution in [2.45, 2.75) is 6.10 Å². The standard InChI is InChI=1S/C15H20N6O3S2/c1-19(2)15(25)26-10-13(22)20-6-7-23-11(8-20)9-24-21-14-12(17-18-21)4-3-5-16-14/h3-5,11H,6-10H2,1-2H3. The Balaban J connectivity index is 1.50. The van der Waals surface area contributed by atoms with E-state index in [1.165, 1.54) is 16.6 Å². The van der Waals surface area contributed by atoms with Crippen molar-refractivity contribution < 1.29 is 14.4 Å². The van der Waals surface area contributed by atoms with Crippen LogP contribution in [0.3, 0.4) is 0 Å². The zero-order chi connectivity index (χ0) is 18.5. The summed E-state index contributed by atoms with van der Waals surface area (Å²) in [5, 5.41) is 7.90. The largest absolute Gasteiger partial charge is 0.391 e. The van der Waals surface area contributed by atoms with Crippen LogP contribution >= 0.6 is 24.0 Å². The molecule has 1 saturated heterocycles. The van der Waals surface area contributed by atoms with Gasteiger partial charge in [-0.1, -0.05) is 28.8 Å². The van der Waals surface area contributed by atoms with Gasteiger partial charge in [-0.2, -0.15) is 0 Å². The van der Waals surface area contributed by atoms with Gasteiger partial charge in [-0.15, -0.1) is 5.10 Å². The third kappa shape index (κ3) is 4.59. The molecule has 0 spiro atoms. The predicted molar refractivity (Wildman–Crippen MR) is 102 cm³/mol. The molecule has 26 heavy (non-hydrogen) atoms. The molecule has 9 nitrogen and oxygen atoms in total. The highest BCUT2D eigenvalue weighted by Crippen LogP contribution is 2.12. The maximum atomic E-state index is 12.4. The van der Waals surface area contributed by atoms with E-state index in [4.69, 9.17) is 21.8 Å². The number of hydrogen-bond donors (Lipinski definition) is 0. The average Bonchev–Trinajstić information content (AvgIpc) is 3.07. The van der Waals surface area contributed by atoms with Gasteiger partial charge in [0.25, 0.3) is 0 Å². The number of fused-ring (bicyclic) bond motifs is 1. The molecule has 2 aromatic heterocycles. The first-order chi connectivity index (χ1) is 12.5. The molecule has 1 aliphatic rings. The summed E-state index contributed by atoms with van der Waals surface area (Å²) in [5.41, 5.74) is 1.20. The summed E-state index contributed by atoms with van der Waals surface area (Å²) in [6, 6.07) is 3.59. The Morgan fingerprint density at radius 1 is 1.54 bits per heavy atom. The topological polar surface area (TPSA) is 85.6 Å². The maximum Gasteiger partial charge on any atom is 0.233 e. The number of carbonyl (C=O) groups excluding carboxylic acids is 1. The number of ether oxygens (including phenoxy) is 1. The van der Waals surface area contributed by atoms with Crippen LogP contribution in [0.5, 0.6) is 0 Å². The number of morpholine rings is 1. The van der Waals surface area contributed by atoms with Crippen molar-refractivity contribution in [2.24, 2.45) is 0 Å². The van der Waals surface area contributed by atoms with Crippen molar-refractivity contribution in [1.82, 2.24) is 29.9 Å². The Kier molecular flexibility index (Phi) is 6.22. The molecule has 11 heteroatoms. The van der Waals surface area contributed by atoms with Crippen LogP contribution in [-0.2, 0) is 9.53 Å². The lowest BCUT2D eigenvalue weighted by Gasteiger charge is -2.32. The fraction of sp³-hybridized carbons (Fsp3) is 0.533. The molecule has 1 aliphatic heterocycles. The Morgan fingerprint density at radius 2 is 2.38 bits per heavy atom. The second-order valence-electron chi connectivity index (χ2n) is 5.89. The second kappa shape index (κ2) is 8.60. The molecule has 0 bridgehead atoms. The van der Waals surface area contributed by atoms with Gasteiger partial charge in [0.1, 0.15) is 22.5 Å². The van der Waals surface area contributed by atoms with Crippen molar-refractivity contribution in [3.8, 4) is 0 Å². The van der Waals surface area contributed by atoms with Crippen LogP contribution in [0.25, 0.3) is 11.2 Å². The molecular formula is C15H20N6O3S2. The molecule has 3 heterocycles. The molecule has 1 unspecified atom stereocenters. The fourth-order valence-corrected chi connectivity index (χ4v) is 3.24. The lowest BCUT2D eigenvalue weighted by molar-refractivity contribution is -0.138. The highest BCUT2D eigenvalue weighted by atomic mass is 32.2. The predicted octanol–water partition coefficient (Wildman–Crippen LogP) is 0.0620. The Morgan fingerprint density at radius 3 is 3.19 bits per heavy atom. The van der Waals surface area contributed by atoms with Gasteiger partial charge in [-0.3, -0.25) is 4.79 Å². The maximum absolute atomic E-state index is 12.4. The van der Waals surface area contributed by atoms with E-state index in [0.29, 0.717) is 40.9 Å². The van der Waals surface area contributed by atoms with Gasteiger partial charge in [0, 0.05) is 26.8 Å². The van der Waals surface area contributed by atoms with Crippen LogP contribution in [0.4, 0.5) is 0 Å². The number of carbonyl (C=O) groups is 1. The second-order valence-corrected chi connectivity index (χ2v) is 7.50. The van der Waals surface area contributed by atoms with E-state index < -0.39 is 0 Å². The molecule has 0 aromatic carbocycles. The molecule has 0 aliphatic carbocycles. The summed E-state index contributed by atoms with van der Waals surface area (Å²) in [6.07, 6.45) is 1.42. The smallest absolute Gasteiger partial charge is 0.233 e. The van der Waals surface area contributed by atoms with Crippen molar-refractivity contribution in [2.75, 3.05) is 46.2 Å². The number of thiocarbonyl (C=S) groups is 1. The zero-order valence-corrected chi connectivity index (χ0v) is 16.2. The summed E-state index contributed by atoms with van der Waals surface area (Å²) < 4.78 is 6.38. The minimum Gasteiger partial charge on any atom is -0.391 e. The van der Waals surface area contributed by atoms with Gasteiger partial charge in [-0.25, -0.2) is 4.98 Å². The van der Waals surface area contributed by atoms with Crippen LogP contribution in [-0.4, -0.2) is 92.4 Å². The number of aromatic nitrogens is 4. The van der Waals surface area contributed by atoms with E-state index in [9.17, 15) is 4.79 Å². The van der Waals surface area contributed by atoms with Crippen molar-refractivity contribution in [3.05, 3.63) is 18.3 Å². The van der Waals surface area contributed by atoms with Crippen LogP contribution in [0.15, 0.2) is 18.3 Å². The van der Waals surface area contributed by atoms with Crippen LogP contribution in [0.1, 0.15) is 0 Å². The van der Waals surface area contributed by atoms with Gasteiger partial charge < -0.3 is 19.4 Å². The van der Waals surface area contributed by atoms with Gasteiger partial charge >= 0.3 is 0 Å². The highest BCUT2D eigenvalue weighted by molar-refractivity contribution is 8.23. The normalized spacial score (nSPS) is 17.3. The van der Waals surface area contributed by atoms with E-state index in [2.05, 4.69) is 15.3 Å². The highest BCUT2D eigenvalue weighted by Gasteiger charge is 2.25. The number of rotatable bonds is 5. The van der Waals surface area contributed by atoms with Crippen molar-refractivity contribution >= 4 is 45.4 Å². The van der Waals surface area contributed by atoms with Crippen LogP contribution in [0.2, 0.25) is 0 Å². The first-order valence-electron chi connectivity index (χ1n) is 8.08. The molecule has 0 saturated carbocycles. The van der Waals surface area contributed by atoms with Gasteiger partial charge in [0.05, 0.1) is 18.9 Å². The molecule has 3 rings (SSSR count). The van der Waals surface area contributed by atoms with Gasteiger partial charge in [0.15, 0.2) is 0 Å². The number of nitrogens with zero attached hydrogens (tertiary/aromatic N) is 6. The van der Waals surface area contributed by atoms with Crippen LogP contribution in [0, 0.1) is 0 Å². The molecule has 140 valence electrons. The first-order valence-corrected chi connectivity index (χ1v) is 9.47. The minimum absolute atomic E-state index is 0.0420. The summed E-state index contributed by atoms with van der Waals surface area (Å²) in [4.78, 5) is 27.1. The summed E-state index contributed by atoms with van der Waals surface area (Å²) in [6.45, 7) is 1.76. The van der Waals surface area contributed by atoms with E-state index in [0.717, 1.165) is 0 Å². The lowest BCUT2D eigenvalue weighted by atomic mass is 10.3. The monoisotopic (exact) mass is 396 g/mol. The van der Waals surface area contributed by atoms with E-state index in [1.54, 1.807) is 17.2 Å². The number of thioether (sulfide) groups is 1. The third-order valence-corrected chi connectivity index (χ3v) is 5.46.